The van der Waals surface area contributed by atoms with Crippen molar-refractivity contribution in [2.75, 3.05) is 19.6 Å². The van der Waals surface area contributed by atoms with E-state index in [0.717, 1.165) is 35.7 Å². The highest BCUT2D eigenvalue weighted by Gasteiger charge is 2.35. The number of amides is 1. The molecule has 1 heterocycles. The zero-order chi connectivity index (χ0) is 20.9. The van der Waals surface area contributed by atoms with Gasteiger partial charge < -0.3 is 4.90 Å². The zero-order valence-corrected chi connectivity index (χ0v) is 17.6. The lowest BCUT2D eigenvalue weighted by Gasteiger charge is -2.36. The van der Waals surface area contributed by atoms with Crippen LogP contribution in [0.4, 0.5) is 8.78 Å². The van der Waals surface area contributed by atoms with Gasteiger partial charge in [-0.25, -0.2) is 17.2 Å². The Hall–Kier alpha value is -1.54. The minimum atomic E-state index is -4.13. The van der Waals surface area contributed by atoms with Gasteiger partial charge in [0.05, 0.1) is 0 Å². The lowest BCUT2D eigenvalue weighted by Crippen LogP contribution is -2.47. The van der Waals surface area contributed by atoms with Crippen molar-refractivity contribution in [2.45, 2.75) is 63.8 Å². The number of hydrogen-bond acceptors (Lipinski definition) is 3. The topological polar surface area (TPSA) is 57.7 Å². The predicted molar refractivity (Wildman–Crippen MR) is 104 cm³/mol. The third-order valence-electron chi connectivity index (χ3n) is 5.47. The van der Waals surface area contributed by atoms with Crippen molar-refractivity contribution in [1.29, 1.82) is 0 Å². The van der Waals surface area contributed by atoms with Crippen LogP contribution in [0.25, 0.3) is 0 Å². The maximum Gasteiger partial charge on any atom is 0.246 e. The molecular formula is C20H30F2N2O3S. The van der Waals surface area contributed by atoms with E-state index in [1.165, 1.54) is 0 Å². The summed E-state index contributed by atoms with van der Waals surface area (Å²) in [5.74, 6) is -1.95. The molecule has 5 nitrogen and oxygen atoms in total. The summed E-state index contributed by atoms with van der Waals surface area (Å²) in [5.41, 5.74) is 0. The van der Waals surface area contributed by atoms with E-state index < -0.39 is 26.6 Å². The standard InChI is InChI=1S/C20H30F2N2O3S/c1-4-6-11-24(15(3)5-2)20(25)16-9-12-23(13-10-16)28(26,27)19-14-17(21)7-8-18(19)22/h7-8,14-16H,4-6,9-13H2,1-3H3. The van der Waals surface area contributed by atoms with Gasteiger partial charge in [0.15, 0.2) is 0 Å². The summed E-state index contributed by atoms with van der Waals surface area (Å²) in [6, 6.07) is 2.55. The molecule has 1 atom stereocenters. The molecule has 1 aromatic carbocycles. The maximum atomic E-state index is 13.9. The first-order chi connectivity index (χ1) is 13.2. The van der Waals surface area contributed by atoms with Crippen LogP contribution in [0.15, 0.2) is 23.1 Å². The third-order valence-corrected chi connectivity index (χ3v) is 7.39. The molecule has 8 heteroatoms. The summed E-state index contributed by atoms with van der Waals surface area (Å²) >= 11 is 0. The van der Waals surface area contributed by atoms with Crippen LogP contribution < -0.4 is 0 Å². The first kappa shape index (κ1) is 22.7. The minimum absolute atomic E-state index is 0.0665. The molecule has 0 N–H and O–H groups in total. The van der Waals surface area contributed by atoms with E-state index >= 15 is 0 Å². The Labute approximate surface area is 166 Å². The molecule has 0 spiro atoms. The number of sulfonamides is 1. The van der Waals surface area contributed by atoms with E-state index in [4.69, 9.17) is 0 Å². The number of nitrogens with zero attached hydrogens (tertiary/aromatic N) is 2. The highest BCUT2D eigenvalue weighted by Crippen LogP contribution is 2.27. The van der Waals surface area contributed by atoms with Crippen molar-refractivity contribution in [3.63, 3.8) is 0 Å². The molecule has 1 aromatic rings. The highest BCUT2D eigenvalue weighted by atomic mass is 32.2. The molecule has 1 amide bonds. The minimum Gasteiger partial charge on any atom is -0.340 e. The summed E-state index contributed by atoms with van der Waals surface area (Å²) in [4.78, 5) is 14.2. The molecule has 1 aliphatic rings. The molecule has 0 aliphatic carbocycles. The predicted octanol–water partition coefficient (Wildman–Crippen LogP) is 3.79. The lowest BCUT2D eigenvalue weighted by atomic mass is 9.95. The van der Waals surface area contributed by atoms with Crippen LogP contribution >= 0.6 is 0 Å². The number of carbonyl (C=O) groups is 1. The fourth-order valence-electron chi connectivity index (χ4n) is 3.49. The molecule has 1 aliphatic heterocycles. The van der Waals surface area contributed by atoms with Crippen LogP contribution in [-0.4, -0.2) is 49.2 Å². The van der Waals surface area contributed by atoms with Crippen molar-refractivity contribution < 1.29 is 22.0 Å². The lowest BCUT2D eigenvalue weighted by molar-refractivity contribution is -0.139. The van der Waals surface area contributed by atoms with Crippen LogP contribution in [-0.2, 0) is 14.8 Å². The van der Waals surface area contributed by atoms with Crippen molar-refractivity contribution in [2.24, 2.45) is 5.92 Å². The Morgan fingerprint density at radius 3 is 2.46 bits per heavy atom. The normalized spacial score (nSPS) is 17.5. The van der Waals surface area contributed by atoms with Gasteiger partial charge in [0, 0.05) is 31.6 Å². The van der Waals surface area contributed by atoms with Crippen molar-refractivity contribution in [3.8, 4) is 0 Å². The van der Waals surface area contributed by atoms with Gasteiger partial charge in [0.1, 0.15) is 16.5 Å². The Morgan fingerprint density at radius 1 is 1.25 bits per heavy atom. The Bertz CT molecular complexity index is 778. The largest absolute Gasteiger partial charge is 0.340 e. The number of hydrogen-bond donors (Lipinski definition) is 0. The fraction of sp³-hybridized carbons (Fsp3) is 0.650. The van der Waals surface area contributed by atoms with Gasteiger partial charge in [-0.2, -0.15) is 4.31 Å². The van der Waals surface area contributed by atoms with Gasteiger partial charge in [0.25, 0.3) is 0 Å². The number of carbonyl (C=O) groups excluding carboxylic acids is 1. The molecule has 0 radical (unpaired) electrons. The van der Waals surface area contributed by atoms with Crippen LogP contribution in [0.2, 0.25) is 0 Å². The first-order valence-corrected chi connectivity index (χ1v) is 11.4. The first-order valence-electron chi connectivity index (χ1n) is 9.98. The molecule has 158 valence electrons. The average molecular weight is 417 g/mol. The maximum absolute atomic E-state index is 13.9. The summed E-state index contributed by atoms with van der Waals surface area (Å²) < 4.78 is 53.9. The molecule has 0 aromatic heterocycles. The smallest absolute Gasteiger partial charge is 0.246 e. The molecule has 1 fully saturated rings. The van der Waals surface area contributed by atoms with E-state index in [1.807, 2.05) is 18.7 Å². The number of piperidine rings is 1. The van der Waals surface area contributed by atoms with Crippen LogP contribution in [0.5, 0.6) is 0 Å². The molecule has 1 saturated heterocycles. The molecular weight excluding hydrogens is 386 g/mol. The number of unbranched alkanes of at least 4 members (excludes halogenated alkanes) is 1. The number of benzene rings is 1. The van der Waals surface area contributed by atoms with Gasteiger partial charge in [-0.15, -0.1) is 0 Å². The van der Waals surface area contributed by atoms with Crippen LogP contribution in [0.1, 0.15) is 52.9 Å². The summed E-state index contributed by atoms with van der Waals surface area (Å²) in [6.45, 7) is 7.10. The van der Waals surface area contributed by atoms with E-state index in [9.17, 15) is 22.0 Å². The van der Waals surface area contributed by atoms with E-state index in [0.29, 0.717) is 25.5 Å². The SMILES string of the molecule is CCCCN(C(=O)C1CCN(S(=O)(=O)c2cc(F)ccc2F)CC1)C(C)CC. The average Bonchev–Trinajstić information content (AvgIpc) is 2.69. The van der Waals surface area contributed by atoms with Crippen molar-refractivity contribution in [3.05, 3.63) is 29.8 Å². The zero-order valence-electron chi connectivity index (χ0n) is 16.8. The van der Waals surface area contributed by atoms with Gasteiger partial charge in [-0.3, -0.25) is 4.79 Å². The van der Waals surface area contributed by atoms with Crippen molar-refractivity contribution >= 4 is 15.9 Å². The molecule has 0 saturated carbocycles. The van der Waals surface area contributed by atoms with Crippen LogP contribution in [0.3, 0.4) is 0 Å². The van der Waals surface area contributed by atoms with Crippen LogP contribution in [0, 0.1) is 17.6 Å². The molecule has 1 unspecified atom stereocenters. The number of halogens is 2. The molecule has 2 rings (SSSR count). The Morgan fingerprint density at radius 2 is 1.89 bits per heavy atom. The molecule has 0 bridgehead atoms. The van der Waals surface area contributed by atoms with Gasteiger partial charge >= 0.3 is 0 Å². The Balaban J connectivity index is 2.08. The Kier molecular flexibility index (Phi) is 7.95. The summed E-state index contributed by atoms with van der Waals surface area (Å²) in [6.07, 6.45) is 3.56. The van der Waals surface area contributed by atoms with Gasteiger partial charge in [-0.05, 0) is 50.8 Å². The number of rotatable bonds is 8. The monoisotopic (exact) mass is 416 g/mol. The third kappa shape index (κ3) is 5.08. The second-order valence-corrected chi connectivity index (χ2v) is 9.30. The van der Waals surface area contributed by atoms with E-state index in [1.54, 1.807) is 0 Å². The van der Waals surface area contributed by atoms with Gasteiger partial charge in [0.2, 0.25) is 15.9 Å². The second kappa shape index (κ2) is 9.78. The highest BCUT2D eigenvalue weighted by molar-refractivity contribution is 7.89. The summed E-state index contributed by atoms with van der Waals surface area (Å²) in [5, 5.41) is 0. The van der Waals surface area contributed by atoms with Crippen molar-refractivity contribution in [1.82, 2.24) is 9.21 Å². The summed E-state index contributed by atoms with van der Waals surface area (Å²) in [7, 11) is -4.13. The second-order valence-electron chi connectivity index (χ2n) is 7.40. The van der Waals surface area contributed by atoms with E-state index in [-0.39, 0.29) is 31.0 Å². The fourth-order valence-corrected chi connectivity index (χ4v) is 5.03. The van der Waals surface area contributed by atoms with E-state index in [2.05, 4.69) is 6.92 Å². The quantitative estimate of drug-likeness (QED) is 0.648. The van der Waals surface area contributed by atoms with Gasteiger partial charge in [-0.1, -0.05) is 20.3 Å². The molecule has 28 heavy (non-hydrogen) atoms.